The van der Waals surface area contributed by atoms with E-state index in [4.69, 9.17) is 0 Å². The number of hydrogen-bond acceptors (Lipinski definition) is 2. The summed E-state index contributed by atoms with van der Waals surface area (Å²) in [6, 6.07) is 3.62. The summed E-state index contributed by atoms with van der Waals surface area (Å²) in [6.45, 7) is 3.90. The van der Waals surface area contributed by atoms with Crippen LogP contribution in [0, 0.1) is 0 Å². The van der Waals surface area contributed by atoms with Gasteiger partial charge in [0.05, 0.1) is 5.54 Å². The zero-order valence-electron chi connectivity index (χ0n) is 7.59. The number of aromatic nitrogens is 1. The van der Waals surface area contributed by atoms with Gasteiger partial charge in [0, 0.05) is 11.8 Å². The third kappa shape index (κ3) is 1.24. The van der Waals surface area contributed by atoms with Gasteiger partial charge in [-0.3, -0.25) is 5.32 Å². The monoisotopic (exact) mass is 177 g/mol. The molecule has 0 aromatic carbocycles. The summed E-state index contributed by atoms with van der Waals surface area (Å²) in [5.41, 5.74) is 0.668. The van der Waals surface area contributed by atoms with Crippen molar-refractivity contribution in [3.8, 4) is 0 Å². The quantitative estimate of drug-likeness (QED) is 0.630. The van der Waals surface area contributed by atoms with E-state index in [2.05, 4.69) is 15.6 Å². The Hall–Kier alpha value is -1.58. The minimum Gasteiger partial charge on any atom is -0.329 e. The lowest BCUT2D eigenvalue weighted by atomic mass is 9.93. The molecule has 0 atom stereocenters. The van der Waals surface area contributed by atoms with Crippen molar-refractivity contribution in [3.05, 3.63) is 23.9 Å². The molecule has 1 aromatic heterocycles. The maximum absolute atomic E-state index is 11.2. The number of pyridine rings is 1. The smallest absolute Gasteiger partial charge is 0.321 e. The number of anilines is 1. The first-order chi connectivity index (χ1) is 6.09. The lowest BCUT2D eigenvalue weighted by molar-refractivity contribution is 0.239. The fraction of sp³-hybridized carbons (Fsp3) is 0.333. The van der Waals surface area contributed by atoms with Crippen LogP contribution >= 0.6 is 0 Å². The van der Waals surface area contributed by atoms with E-state index in [9.17, 15) is 4.79 Å². The fourth-order valence-electron chi connectivity index (χ4n) is 1.50. The van der Waals surface area contributed by atoms with Crippen molar-refractivity contribution >= 4 is 11.8 Å². The second kappa shape index (κ2) is 2.45. The predicted octanol–water partition coefficient (Wildman–Crippen LogP) is 1.45. The Morgan fingerprint density at radius 1 is 1.46 bits per heavy atom. The Morgan fingerprint density at radius 3 is 3.00 bits per heavy atom. The summed E-state index contributed by atoms with van der Waals surface area (Å²) in [6.07, 6.45) is 1.67. The van der Waals surface area contributed by atoms with Crippen LogP contribution in [0.3, 0.4) is 0 Å². The Labute approximate surface area is 76.4 Å². The van der Waals surface area contributed by atoms with Crippen LogP contribution < -0.4 is 10.6 Å². The van der Waals surface area contributed by atoms with E-state index in [-0.39, 0.29) is 11.6 Å². The minimum absolute atomic E-state index is 0.198. The minimum atomic E-state index is -0.341. The molecule has 1 aliphatic rings. The van der Waals surface area contributed by atoms with Crippen LogP contribution in [0.5, 0.6) is 0 Å². The van der Waals surface area contributed by atoms with Gasteiger partial charge in [-0.15, -0.1) is 0 Å². The number of urea groups is 1. The van der Waals surface area contributed by atoms with Crippen LogP contribution in [0.2, 0.25) is 0 Å². The first-order valence-corrected chi connectivity index (χ1v) is 4.14. The number of carbonyl (C=O) groups excluding carboxylic acids is 1. The van der Waals surface area contributed by atoms with Crippen molar-refractivity contribution in [1.29, 1.82) is 0 Å². The summed E-state index contributed by atoms with van der Waals surface area (Å²) >= 11 is 0. The first kappa shape index (κ1) is 8.04. The summed E-state index contributed by atoms with van der Waals surface area (Å²) in [5, 5.41) is 5.48. The van der Waals surface area contributed by atoms with Crippen LogP contribution in [0.4, 0.5) is 10.6 Å². The standard InChI is InChI=1S/C9H11N3O/c1-9(2)6-4-3-5-10-7(6)11-8(13)12-9/h3-5H,1-2H3,(H2,10,11,12,13). The summed E-state index contributed by atoms with van der Waals surface area (Å²) < 4.78 is 0. The molecular weight excluding hydrogens is 166 g/mol. The number of nitrogens with zero attached hydrogens (tertiary/aromatic N) is 1. The maximum atomic E-state index is 11.2. The van der Waals surface area contributed by atoms with Crippen molar-refractivity contribution in [2.24, 2.45) is 0 Å². The maximum Gasteiger partial charge on any atom is 0.321 e. The van der Waals surface area contributed by atoms with Crippen LogP contribution in [0.1, 0.15) is 19.4 Å². The molecule has 2 heterocycles. The molecule has 0 spiro atoms. The molecule has 0 aliphatic carbocycles. The first-order valence-electron chi connectivity index (χ1n) is 4.14. The lowest BCUT2D eigenvalue weighted by Gasteiger charge is -2.32. The van der Waals surface area contributed by atoms with Crippen molar-refractivity contribution in [2.75, 3.05) is 5.32 Å². The highest BCUT2D eigenvalue weighted by Gasteiger charge is 2.30. The average molecular weight is 177 g/mol. The van der Waals surface area contributed by atoms with Gasteiger partial charge in [-0.1, -0.05) is 6.07 Å². The summed E-state index contributed by atoms with van der Waals surface area (Å²) in [4.78, 5) is 15.3. The molecule has 4 nitrogen and oxygen atoms in total. The SMILES string of the molecule is CC1(C)NC(=O)Nc2ncccc21. The van der Waals surface area contributed by atoms with Gasteiger partial charge < -0.3 is 5.32 Å². The number of carbonyl (C=O) groups is 1. The van der Waals surface area contributed by atoms with Gasteiger partial charge in [0.1, 0.15) is 5.82 Å². The van der Waals surface area contributed by atoms with Crippen molar-refractivity contribution in [2.45, 2.75) is 19.4 Å². The van der Waals surface area contributed by atoms with Crippen LogP contribution in [-0.2, 0) is 5.54 Å². The number of rotatable bonds is 0. The molecule has 2 amide bonds. The van der Waals surface area contributed by atoms with E-state index in [1.165, 1.54) is 0 Å². The van der Waals surface area contributed by atoms with E-state index in [1.54, 1.807) is 6.20 Å². The second-order valence-electron chi connectivity index (χ2n) is 3.60. The highest BCUT2D eigenvalue weighted by Crippen LogP contribution is 2.28. The zero-order valence-corrected chi connectivity index (χ0v) is 7.59. The molecule has 2 rings (SSSR count). The normalized spacial score (nSPS) is 18.5. The topological polar surface area (TPSA) is 54.0 Å². The molecule has 68 valence electrons. The van der Waals surface area contributed by atoms with Gasteiger partial charge in [-0.2, -0.15) is 0 Å². The van der Waals surface area contributed by atoms with Gasteiger partial charge in [0.2, 0.25) is 0 Å². The molecule has 4 heteroatoms. The van der Waals surface area contributed by atoms with Crippen molar-refractivity contribution in [1.82, 2.24) is 10.3 Å². The van der Waals surface area contributed by atoms with Crippen LogP contribution in [0.25, 0.3) is 0 Å². The molecule has 0 saturated heterocycles. The molecule has 0 bridgehead atoms. The van der Waals surface area contributed by atoms with E-state index in [1.807, 2.05) is 26.0 Å². The average Bonchev–Trinajstić information content (AvgIpc) is 2.02. The van der Waals surface area contributed by atoms with Gasteiger partial charge in [-0.05, 0) is 19.9 Å². The van der Waals surface area contributed by atoms with Gasteiger partial charge >= 0.3 is 6.03 Å². The van der Waals surface area contributed by atoms with Gasteiger partial charge in [0.25, 0.3) is 0 Å². The van der Waals surface area contributed by atoms with Crippen molar-refractivity contribution < 1.29 is 4.79 Å². The molecule has 2 N–H and O–H groups in total. The molecule has 0 radical (unpaired) electrons. The third-order valence-electron chi connectivity index (χ3n) is 2.14. The predicted molar refractivity (Wildman–Crippen MR) is 49.4 cm³/mol. The molecule has 0 saturated carbocycles. The van der Waals surface area contributed by atoms with E-state index < -0.39 is 0 Å². The molecule has 1 aromatic rings. The van der Waals surface area contributed by atoms with Crippen molar-refractivity contribution in [3.63, 3.8) is 0 Å². The highest BCUT2D eigenvalue weighted by molar-refractivity contribution is 5.92. The molecule has 0 fully saturated rings. The largest absolute Gasteiger partial charge is 0.329 e. The third-order valence-corrected chi connectivity index (χ3v) is 2.14. The van der Waals surface area contributed by atoms with Gasteiger partial charge in [-0.25, -0.2) is 9.78 Å². The van der Waals surface area contributed by atoms with Crippen LogP contribution in [0.15, 0.2) is 18.3 Å². The highest BCUT2D eigenvalue weighted by atomic mass is 16.2. The second-order valence-corrected chi connectivity index (χ2v) is 3.60. The number of hydrogen-bond donors (Lipinski definition) is 2. The number of fused-ring (bicyclic) bond motifs is 1. The van der Waals surface area contributed by atoms with Crippen LogP contribution in [-0.4, -0.2) is 11.0 Å². The summed E-state index contributed by atoms with van der Waals surface area (Å²) in [5.74, 6) is 0.649. The Balaban J connectivity index is 2.56. The fourth-order valence-corrected chi connectivity index (χ4v) is 1.50. The Morgan fingerprint density at radius 2 is 2.23 bits per heavy atom. The lowest BCUT2D eigenvalue weighted by Crippen LogP contribution is -2.48. The van der Waals surface area contributed by atoms with E-state index in [0.717, 1.165) is 5.56 Å². The van der Waals surface area contributed by atoms with E-state index in [0.29, 0.717) is 5.82 Å². The van der Waals surface area contributed by atoms with Gasteiger partial charge in [0.15, 0.2) is 0 Å². The number of nitrogens with one attached hydrogen (secondary N) is 2. The molecular formula is C9H11N3O. The molecule has 1 aliphatic heterocycles. The Kier molecular flexibility index (Phi) is 1.52. The van der Waals surface area contributed by atoms with E-state index >= 15 is 0 Å². The Bertz CT molecular complexity index is 360. The molecule has 13 heavy (non-hydrogen) atoms. The molecule has 0 unspecified atom stereocenters. The zero-order chi connectivity index (χ0) is 9.47. The number of amides is 2. The summed E-state index contributed by atoms with van der Waals surface area (Å²) in [7, 11) is 0.